The fourth-order valence-electron chi connectivity index (χ4n) is 8.18. The van der Waals surface area contributed by atoms with E-state index in [9.17, 15) is 4.79 Å². The summed E-state index contributed by atoms with van der Waals surface area (Å²) in [5.41, 5.74) is 0.474. The third-order valence-electron chi connectivity index (χ3n) is 9.34. The first-order valence-electron chi connectivity index (χ1n) is 12.6. The van der Waals surface area contributed by atoms with Gasteiger partial charge in [-0.3, -0.25) is 4.79 Å². The summed E-state index contributed by atoms with van der Waals surface area (Å²) in [6.07, 6.45) is 9.91. The normalized spacial score (nSPS) is 46.9. The number of carbonyl (C=O) groups excluding carboxylic acids is 1. The van der Waals surface area contributed by atoms with Crippen molar-refractivity contribution in [1.29, 1.82) is 0 Å². The van der Waals surface area contributed by atoms with Gasteiger partial charge in [0.2, 0.25) is 0 Å². The first-order valence-corrected chi connectivity index (χ1v) is 19.4. The summed E-state index contributed by atoms with van der Waals surface area (Å²) < 4.78 is 13.2. The molecule has 30 heavy (non-hydrogen) atoms. The average Bonchev–Trinajstić information content (AvgIpc) is 2.90. The predicted molar refractivity (Wildman–Crippen MR) is 129 cm³/mol. The maximum Gasteiger partial charge on any atom is 0.184 e. The van der Waals surface area contributed by atoms with Crippen LogP contribution in [-0.4, -0.2) is 34.6 Å². The Labute approximate surface area is 187 Å². The Hall–Kier alpha value is 0.0238. The molecule has 0 aromatic rings. The van der Waals surface area contributed by atoms with Crippen molar-refractivity contribution in [1.82, 2.24) is 0 Å². The summed E-state index contributed by atoms with van der Waals surface area (Å²) in [4.78, 5) is 13.5. The standard InChI is InChI=1S/C25H46O3Si2/c1-24-13-11-17(27-29(3,4)5)15-21(24)22(26)16-18-19-9-10-23(28-30(6,7)8)25(19,2)14-12-20(18)24/h17-21,23H,9-16H2,1-8H3/t17-,18?,19?,20?,21-,23+,24-,25+/m1/s1. The zero-order valence-corrected chi connectivity index (χ0v) is 22.8. The first-order chi connectivity index (χ1) is 13.7. The second-order valence-corrected chi connectivity index (χ2v) is 22.5. The molecule has 0 saturated heterocycles. The van der Waals surface area contributed by atoms with Gasteiger partial charge in [0, 0.05) is 18.4 Å². The Kier molecular flexibility index (Phi) is 5.82. The predicted octanol–water partition coefficient (Wildman–Crippen LogP) is 6.65. The molecule has 0 N–H and O–H groups in total. The molecule has 0 heterocycles. The average molecular weight is 451 g/mol. The van der Waals surface area contributed by atoms with Crippen LogP contribution < -0.4 is 0 Å². The van der Waals surface area contributed by atoms with E-state index in [1.807, 2.05) is 0 Å². The first kappa shape index (κ1) is 23.2. The summed E-state index contributed by atoms with van der Waals surface area (Å²) in [5.74, 6) is 2.77. The quantitative estimate of drug-likeness (QED) is 0.450. The Balaban J connectivity index is 1.54. The molecule has 3 nitrogen and oxygen atoms in total. The highest BCUT2D eigenvalue weighted by Crippen LogP contribution is 2.66. The van der Waals surface area contributed by atoms with Gasteiger partial charge in [0.25, 0.3) is 0 Å². The molecule has 4 aliphatic carbocycles. The van der Waals surface area contributed by atoms with E-state index in [-0.39, 0.29) is 16.7 Å². The fourth-order valence-corrected chi connectivity index (χ4v) is 10.6. The van der Waals surface area contributed by atoms with Gasteiger partial charge in [-0.25, -0.2) is 0 Å². The number of carbonyl (C=O) groups is 1. The molecule has 0 radical (unpaired) electrons. The molecular weight excluding hydrogens is 404 g/mol. The highest BCUT2D eigenvalue weighted by Gasteiger charge is 2.62. The third-order valence-corrected chi connectivity index (χ3v) is 11.4. The lowest BCUT2D eigenvalue weighted by atomic mass is 9.45. The minimum absolute atomic E-state index is 0.193. The molecule has 0 amide bonds. The van der Waals surface area contributed by atoms with Gasteiger partial charge in [0.15, 0.2) is 16.6 Å². The van der Waals surface area contributed by atoms with Crippen molar-refractivity contribution in [2.24, 2.45) is 34.5 Å². The number of Topliss-reactive ketones (excluding diaryl/α,β-unsaturated/α-hetero) is 1. The SMILES string of the molecule is C[C@]12CCC3C(CC(=O)[C@H]4C[C@H](O[Si](C)(C)C)CC[C@]34C)C1CC[C@@H]2O[Si](C)(C)C. The smallest absolute Gasteiger partial charge is 0.184 e. The molecule has 8 atom stereocenters. The van der Waals surface area contributed by atoms with E-state index in [0.717, 1.165) is 25.2 Å². The highest BCUT2D eigenvalue weighted by atomic mass is 28.4. The van der Waals surface area contributed by atoms with Gasteiger partial charge in [-0.2, -0.15) is 0 Å². The molecule has 4 rings (SSSR count). The number of hydrogen-bond donors (Lipinski definition) is 0. The topological polar surface area (TPSA) is 35.5 Å². The van der Waals surface area contributed by atoms with Gasteiger partial charge in [-0.05, 0) is 113 Å². The third kappa shape index (κ3) is 4.06. The van der Waals surface area contributed by atoms with Crippen LogP contribution in [0.25, 0.3) is 0 Å². The second kappa shape index (κ2) is 7.53. The lowest BCUT2D eigenvalue weighted by Gasteiger charge is -2.60. The monoisotopic (exact) mass is 450 g/mol. The number of rotatable bonds is 4. The van der Waals surface area contributed by atoms with Gasteiger partial charge in [-0.15, -0.1) is 0 Å². The summed E-state index contributed by atoms with van der Waals surface area (Å²) in [5, 5.41) is 0. The van der Waals surface area contributed by atoms with E-state index in [4.69, 9.17) is 8.85 Å². The molecule has 4 fully saturated rings. The van der Waals surface area contributed by atoms with Gasteiger partial charge < -0.3 is 8.85 Å². The molecule has 0 bridgehead atoms. The van der Waals surface area contributed by atoms with Crippen LogP contribution in [0.4, 0.5) is 0 Å². The largest absolute Gasteiger partial charge is 0.415 e. The van der Waals surface area contributed by atoms with Crippen molar-refractivity contribution in [3.05, 3.63) is 0 Å². The Morgan fingerprint density at radius 2 is 1.40 bits per heavy atom. The van der Waals surface area contributed by atoms with E-state index in [1.165, 1.54) is 32.1 Å². The van der Waals surface area contributed by atoms with E-state index >= 15 is 0 Å². The summed E-state index contributed by atoms with van der Waals surface area (Å²) in [7, 11) is -3.11. The minimum Gasteiger partial charge on any atom is -0.415 e. The number of fused-ring (bicyclic) bond motifs is 5. The molecule has 172 valence electrons. The Morgan fingerprint density at radius 3 is 2.03 bits per heavy atom. The molecule has 5 heteroatoms. The van der Waals surface area contributed by atoms with Crippen LogP contribution in [0.15, 0.2) is 0 Å². The molecule has 3 unspecified atom stereocenters. The van der Waals surface area contributed by atoms with E-state index in [2.05, 4.69) is 53.1 Å². The van der Waals surface area contributed by atoms with Crippen LogP contribution in [0.1, 0.15) is 65.2 Å². The van der Waals surface area contributed by atoms with Gasteiger partial charge in [0.05, 0.1) is 6.10 Å². The van der Waals surface area contributed by atoms with Gasteiger partial charge in [0.1, 0.15) is 5.78 Å². The van der Waals surface area contributed by atoms with E-state index < -0.39 is 16.6 Å². The van der Waals surface area contributed by atoms with E-state index in [1.54, 1.807) is 0 Å². The zero-order valence-electron chi connectivity index (χ0n) is 20.8. The molecule has 0 aliphatic heterocycles. The number of hydrogen-bond acceptors (Lipinski definition) is 3. The summed E-state index contributed by atoms with van der Waals surface area (Å²) >= 11 is 0. The lowest BCUT2D eigenvalue weighted by Crippen LogP contribution is -2.58. The maximum absolute atomic E-state index is 13.5. The Bertz CT molecular complexity index is 681. The van der Waals surface area contributed by atoms with Crippen molar-refractivity contribution in [3.63, 3.8) is 0 Å². The van der Waals surface area contributed by atoms with Gasteiger partial charge in [-0.1, -0.05) is 13.8 Å². The second-order valence-electron chi connectivity index (χ2n) is 13.6. The Morgan fingerprint density at radius 1 is 0.800 bits per heavy atom. The van der Waals surface area contributed by atoms with Gasteiger partial charge >= 0.3 is 0 Å². The molecule has 4 saturated carbocycles. The molecule has 4 aliphatic rings. The fraction of sp³-hybridized carbons (Fsp3) is 0.960. The lowest BCUT2D eigenvalue weighted by molar-refractivity contribution is -0.160. The zero-order chi connectivity index (χ0) is 22.1. The highest BCUT2D eigenvalue weighted by molar-refractivity contribution is 6.70. The van der Waals surface area contributed by atoms with Crippen LogP contribution in [0.3, 0.4) is 0 Å². The van der Waals surface area contributed by atoms with Crippen molar-refractivity contribution < 1.29 is 13.6 Å². The van der Waals surface area contributed by atoms with Crippen LogP contribution in [0.2, 0.25) is 39.3 Å². The maximum atomic E-state index is 13.5. The van der Waals surface area contributed by atoms with Crippen molar-refractivity contribution >= 4 is 22.4 Å². The van der Waals surface area contributed by atoms with Crippen molar-refractivity contribution in [2.45, 2.75) is 117 Å². The number of ketones is 1. The molecule has 0 aromatic heterocycles. The molecular formula is C25H46O3Si2. The van der Waals surface area contributed by atoms with Crippen LogP contribution in [0.5, 0.6) is 0 Å². The van der Waals surface area contributed by atoms with E-state index in [0.29, 0.717) is 29.8 Å². The molecule has 0 aromatic carbocycles. The minimum atomic E-state index is -1.56. The summed E-state index contributed by atoms with van der Waals surface area (Å²) in [6.45, 7) is 18.8. The van der Waals surface area contributed by atoms with Crippen LogP contribution in [-0.2, 0) is 13.6 Å². The van der Waals surface area contributed by atoms with Crippen LogP contribution in [0, 0.1) is 34.5 Å². The van der Waals surface area contributed by atoms with Crippen molar-refractivity contribution in [2.75, 3.05) is 0 Å². The van der Waals surface area contributed by atoms with Crippen LogP contribution >= 0.6 is 0 Å². The molecule has 0 spiro atoms. The summed E-state index contributed by atoms with van der Waals surface area (Å²) in [6, 6.07) is 0. The van der Waals surface area contributed by atoms with Crippen molar-refractivity contribution in [3.8, 4) is 0 Å².